The van der Waals surface area contributed by atoms with Gasteiger partial charge < -0.3 is 20.1 Å². The van der Waals surface area contributed by atoms with E-state index < -0.39 is 0 Å². The van der Waals surface area contributed by atoms with Crippen LogP contribution in [0, 0.1) is 0 Å². The van der Waals surface area contributed by atoms with E-state index >= 15 is 0 Å². The molecule has 0 saturated heterocycles. The SMILES string of the molecule is COc1cccc(CNC(=O)NCCC2=CCCCC2)c1OC. The monoisotopic (exact) mass is 318 g/mol. The van der Waals surface area contributed by atoms with Gasteiger partial charge in [-0.1, -0.05) is 23.8 Å². The lowest BCUT2D eigenvalue weighted by Crippen LogP contribution is -2.35. The van der Waals surface area contributed by atoms with Crippen LogP contribution in [0.3, 0.4) is 0 Å². The Morgan fingerprint density at radius 3 is 2.74 bits per heavy atom. The highest BCUT2D eigenvalue weighted by Gasteiger charge is 2.10. The third-order valence-corrected chi connectivity index (χ3v) is 4.04. The molecule has 0 spiro atoms. The van der Waals surface area contributed by atoms with E-state index in [4.69, 9.17) is 9.47 Å². The number of para-hydroxylation sites is 1. The largest absolute Gasteiger partial charge is 0.493 e. The Balaban J connectivity index is 1.77. The number of carbonyl (C=O) groups is 1. The number of methoxy groups -OCH3 is 2. The Kier molecular flexibility index (Phi) is 6.78. The van der Waals surface area contributed by atoms with Gasteiger partial charge in [0.25, 0.3) is 0 Å². The Bertz CT molecular complexity index is 555. The highest BCUT2D eigenvalue weighted by Crippen LogP contribution is 2.30. The van der Waals surface area contributed by atoms with Crippen LogP contribution in [0.4, 0.5) is 4.79 Å². The summed E-state index contributed by atoms with van der Waals surface area (Å²) in [5.74, 6) is 1.32. The standard InChI is InChI=1S/C18H26N2O3/c1-22-16-10-6-9-15(17(16)23-2)13-20-18(21)19-12-11-14-7-4-3-5-8-14/h6-7,9-10H,3-5,8,11-13H2,1-2H3,(H2,19,20,21). The van der Waals surface area contributed by atoms with Gasteiger partial charge in [0.05, 0.1) is 14.2 Å². The van der Waals surface area contributed by atoms with E-state index in [1.807, 2.05) is 18.2 Å². The number of rotatable bonds is 7. The summed E-state index contributed by atoms with van der Waals surface area (Å²) in [4.78, 5) is 11.9. The number of nitrogens with one attached hydrogen (secondary N) is 2. The van der Waals surface area contributed by atoms with Crippen LogP contribution in [-0.4, -0.2) is 26.8 Å². The molecular formula is C18H26N2O3. The molecule has 0 bridgehead atoms. The quantitative estimate of drug-likeness (QED) is 0.758. The van der Waals surface area contributed by atoms with Crippen LogP contribution in [0.25, 0.3) is 0 Å². The van der Waals surface area contributed by atoms with Crippen molar-refractivity contribution in [1.82, 2.24) is 10.6 Å². The first-order chi connectivity index (χ1) is 11.2. The topological polar surface area (TPSA) is 59.6 Å². The Morgan fingerprint density at radius 2 is 2.04 bits per heavy atom. The van der Waals surface area contributed by atoms with Crippen molar-refractivity contribution < 1.29 is 14.3 Å². The van der Waals surface area contributed by atoms with Crippen LogP contribution < -0.4 is 20.1 Å². The maximum atomic E-state index is 11.9. The average molecular weight is 318 g/mol. The molecule has 0 saturated carbocycles. The number of urea groups is 1. The van der Waals surface area contributed by atoms with Crippen molar-refractivity contribution in [3.8, 4) is 11.5 Å². The lowest BCUT2D eigenvalue weighted by molar-refractivity contribution is 0.240. The molecule has 0 heterocycles. The van der Waals surface area contributed by atoms with Gasteiger partial charge >= 0.3 is 6.03 Å². The number of amides is 2. The lowest BCUT2D eigenvalue weighted by atomic mass is 9.97. The summed E-state index contributed by atoms with van der Waals surface area (Å²) in [7, 11) is 3.20. The Labute approximate surface area is 138 Å². The minimum absolute atomic E-state index is 0.161. The van der Waals surface area contributed by atoms with Crippen molar-refractivity contribution in [3.05, 3.63) is 35.4 Å². The minimum atomic E-state index is -0.161. The van der Waals surface area contributed by atoms with Crippen LogP contribution in [0.2, 0.25) is 0 Å². The van der Waals surface area contributed by atoms with Crippen molar-refractivity contribution in [1.29, 1.82) is 0 Å². The predicted octanol–water partition coefficient (Wildman–Crippen LogP) is 3.39. The van der Waals surface area contributed by atoms with Gasteiger partial charge in [-0.15, -0.1) is 0 Å². The molecule has 2 rings (SSSR count). The molecule has 1 aromatic carbocycles. The summed E-state index contributed by atoms with van der Waals surface area (Å²) in [6, 6.07) is 5.46. The van der Waals surface area contributed by atoms with Crippen LogP contribution in [-0.2, 0) is 6.54 Å². The molecule has 0 atom stereocenters. The van der Waals surface area contributed by atoms with E-state index in [1.54, 1.807) is 14.2 Å². The molecule has 0 radical (unpaired) electrons. The fraction of sp³-hybridized carbons (Fsp3) is 0.500. The van der Waals surface area contributed by atoms with E-state index in [2.05, 4.69) is 16.7 Å². The first kappa shape index (κ1) is 17.2. The zero-order valence-corrected chi connectivity index (χ0v) is 14.0. The maximum Gasteiger partial charge on any atom is 0.315 e. The summed E-state index contributed by atoms with van der Waals surface area (Å²) >= 11 is 0. The number of ether oxygens (including phenoxy) is 2. The average Bonchev–Trinajstić information content (AvgIpc) is 2.60. The Morgan fingerprint density at radius 1 is 1.17 bits per heavy atom. The molecule has 5 heteroatoms. The molecule has 5 nitrogen and oxygen atoms in total. The fourth-order valence-corrected chi connectivity index (χ4v) is 2.80. The summed E-state index contributed by atoms with van der Waals surface area (Å²) in [5, 5.41) is 5.76. The third kappa shape index (κ3) is 5.20. The van der Waals surface area contributed by atoms with Gasteiger partial charge in [-0.3, -0.25) is 0 Å². The molecule has 2 N–H and O–H groups in total. The lowest BCUT2D eigenvalue weighted by Gasteiger charge is -2.14. The second kappa shape index (κ2) is 9.08. The number of allylic oxidation sites excluding steroid dienone is 1. The van der Waals surface area contributed by atoms with E-state index in [9.17, 15) is 4.79 Å². The van der Waals surface area contributed by atoms with E-state index in [0.717, 1.165) is 12.0 Å². The summed E-state index contributed by atoms with van der Waals surface area (Å²) in [6.07, 6.45) is 8.16. The molecule has 0 unspecified atom stereocenters. The second-order valence-corrected chi connectivity index (χ2v) is 5.62. The van der Waals surface area contributed by atoms with Gasteiger partial charge in [0.1, 0.15) is 0 Å². The number of hydrogen-bond acceptors (Lipinski definition) is 3. The first-order valence-corrected chi connectivity index (χ1v) is 8.14. The molecule has 1 aliphatic carbocycles. The van der Waals surface area contributed by atoms with Gasteiger partial charge in [0.15, 0.2) is 11.5 Å². The predicted molar refractivity (Wildman–Crippen MR) is 91.0 cm³/mol. The smallest absolute Gasteiger partial charge is 0.315 e. The fourth-order valence-electron chi connectivity index (χ4n) is 2.80. The highest BCUT2D eigenvalue weighted by atomic mass is 16.5. The van der Waals surface area contributed by atoms with E-state index in [1.165, 1.54) is 31.3 Å². The zero-order valence-electron chi connectivity index (χ0n) is 14.0. The van der Waals surface area contributed by atoms with Gasteiger partial charge in [0.2, 0.25) is 0 Å². The summed E-state index contributed by atoms with van der Waals surface area (Å²) < 4.78 is 10.6. The van der Waals surface area contributed by atoms with Crippen LogP contribution in [0.5, 0.6) is 11.5 Å². The number of carbonyl (C=O) groups excluding carboxylic acids is 1. The number of hydrogen-bond donors (Lipinski definition) is 2. The van der Waals surface area contributed by atoms with Crippen molar-refractivity contribution in [2.45, 2.75) is 38.6 Å². The molecule has 0 aliphatic heterocycles. The molecule has 0 fully saturated rings. The minimum Gasteiger partial charge on any atom is -0.493 e. The molecule has 1 aliphatic rings. The normalized spacial score (nSPS) is 13.9. The van der Waals surface area contributed by atoms with Crippen LogP contribution in [0.1, 0.15) is 37.7 Å². The maximum absolute atomic E-state index is 11.9. The first-order valence-electron chi connectivity index (χ1n) is 8.14. The number of benzene rings is 1. The van der Waals surface area contributed by atoms with E-state index in [0.29, 0.717) is 24.6 Å². The van der Waals surface area contributed by atoms with Crippen molar-refractivity contribution in [2.24, 2.45) is 0 Å². The van der Waals surface area contributed by atoms with Gasteiger partial charge in [-0.2, -0.15) is 0 Å². The van der Waals surface area contributed by atoms with Gasteiger partial charge in [-0.05, 0) is 38.2 Å². The van der Waals surface area contributed by atoms with E-state index in [-0.39, 0.29) is 6.03 Å². The van der Waals surface area contributed by atoms with Crippen LogP contribution >= 0.6 is 0 Å². The third-order valence-electron chi connectivity index (χ3n) is 4.04. The molecule has 1 aromatic rings. The van der Waals surface area contributed by atoms with Gasteiger partial charge in [-0.25, -0.2) is 4.79 Å². The van der Waals surface area contributed by atoms with Gasteiger partial charge in [0, 0.05) is 18.7 Å². The van der Waals surface area contributed by atoms with Crippen molar-refractivity contribution in [2.75, 3.05) is 20.8 Å². The molecular weight excluding hydrogens is 292 g/mol. The molecule has 126 valence electrons. The second-order valence-electron chi connectivity index (χ2n) is 5.62. The van der Waals surface area contributed by atoms with Crippen molar-refractivity contribution in [3.63, 3.8) is 0 Å². The zero-order chi connectivity index (χ0) is 16.5. The van der Waals surface area contributed by atoms with Crippen molar-refractivity contribution >= 4 is 6.03 Å². The molecule has 2 amide bonds. The highest BCUT2D eigenvalue weighted by molar-refractivity contribution is 5.74. The summed E-state index contributed by atoms with van der Waals surface area (Å²) in [5.41, 5.74) is 2.35. The molecule has 23 heavy (non-hydrogen) atoms. The Hall–Kier alpha value is -2.17. The summed E-state index contributed by atoms with van der Waals surface area (Å²) in [6.45, 7) is 1.07. The van der Waals surface area contributed by atoms with Crippen LogP contribution in [0.15, 0.2) is 29.8 Å². The molecule has 0 aromatic heterocycles.